The zero-order valence-electron chi connectivity index (χ0n) is 21.8. The van der Waals surface area contributed by atoms with Gasteiger partial charge in [0.25, 0.3) is 0 Å². The second-order valence-corrected chi connectivity index (χ2v) is 11.2. The average molecular weight is 470 g/mol. The molecule has 1 heterocycles. The minimum Gasteiger partial charge on any atom is -0.462 e. The summed E-state index contributed by atoms with van der Waals surface area (Å²) in [5, 5.41) is 3.35. The molecular formula is C31H35NO3. The Labute approximate surface area is 208 Å². The Balaban J connectivity index is 1.99. The van der Waals surface area contributed by atoms with E-state index < -0.39 is 17.1 Å². The van der Waals surface area contributed by atoms with Gasteiger partial charge >= 0.3 is 5.97 Å². The summed E-state index contributed by atoms with van der Waals surface area (Å²) in [7, 11) is 0. The van der Waals surface area contributed by atoms with Crippen molar-refractivity contribution in [3.8, 4) is 11.1 Å². The molecule has 35 heavy (non-hydrogen) atoms. The molecule has 4 aromatic rings. The first kappa shape index (κ1) is 24.9. The third-order valence-corrected chi connectivity index (χ3v) is 5.99. The number of aromatic nitrogens is 1. The van der Waals surface area contributed by atoms with Crippen LogP contribution < -0.4 is 0 Å². The van der Waals surface area contributed by atoms with Gasteiger partial charge in [0.15, 0.2) is 0 Å². The molecule has 0 radical (unpaired) electrons. The number of ether oxygens (including phenoxy) is 2. The first-order chi connectivity index (χ1) is 16.5. The van der Waals surface area contributed by atoms with E-state index in [1.165, 1.54) is 0 Å². The normalized spacial score (nSPS) is 13.2. The van der Waals surface area contributed by atoms with Crippen LogP contribution in [0, 0.1) is 12.3 Å². The van der Waals surface area contributed by atoms with Crippen molar-refractivity contribution in [1.82, 2.24) is 4.98 Å². The molecule has 0 amide bonds. The van der Waals surface area contributed by atoms with Gasteiger partial charge in [0.05, 0.1) is 16.5 Å². The molecule has 0 fully saturated rings. The van der Waals surface area contributed by atoms with Gasteiger partial charge in [0.2, 0.25) is 0 Å². The van der Waals surface area contributed by atoms with Crippen LogP contribution in [-0.2, 0) is 14.3 Å². The molecule has 0 unspecified atom stereocenters. The number of hydrogen-bond acceptors (Lipinski definition) is 4. The molecule has 0 spiro atoms. The minimum absolute atomic E-state index is 0.137. The quantitative estimate of drug-likeness (QED) is 0.280. The molecule has 0 saturated carbocycles. The highest BCUT2D eigenvalue weighted by molar-refractivity contribution is 6.06. The molecule has 0 aliphatic rings. The molecule has 0 N–H and O–H groups in total. The highest BCUT2D eigenvalue weighted by Gasteiger charge is 2.30. The minimum atomic E-state index is -0.590. The molecule has 4 nitrogen and oxygen atoms in total. The van der Waals surface area contributed by atoms with Gasteiger partial charge in [-0.1, -0.05) is 54.6 Å². The molecule has 182 valence electrons. The van der Waals surface area contributed by atoms with Crippen molar-refractivity contribution in [3.05, 3.63) is 78.0 Å². The summed E-state index contributed by atoms with van der Waals surface area (Å²) in [6.45, 7) is 13.9. The van der Waals surface area contributed by atoms with Gasteiger partial charge in [-0.25, -0.2) is 0 Å². The largest absolute Gasteiger partial charge is 0.462 e. The third-order valence-electron chi connectivity index (χ3n) is 5.99. The van der Waals surface area contributed by atoms with E-state index in [-0.39, 0.29) is 12.6 Å². The molecule has 4 heteroatoms. The van der Waals surface area contributed by atoms with E-state index in [0.29, 0.717) is 0 Å². The first-order valence-corrected chi connectivity index (χ1v) is 12.2. The maximum Gasteiger partial charge on any atom is 0.311 e. The highest BCUT2D eigenvalue weighted by Crippen LogP contribution is 2.42. The van der Waals surface area contributed by atoms with Crippen LogP contribution in [0.1, 0.15) is 58.8 Å². The maximum atomic E-state index is 12.7. The molecule has 0 aliphatic heterocycles. The summed E-state index contributed by atoms with van der Waals surface area (Å²) in [4.78, 5) is 17.5. The van der Waals surface area contributed by atoms with Crippen LogP contribution in [-0.4, -0.2) is 23.2 Å². The van der Waals surface area contributed by atoms with Gasteiger partial charge < -0.3 is 9.47 Å². The number of carbonyl (C=O) groups is 1. The number of hydrogen-bond donors (Lipinski definition) is 0. The van der Waals surface area contributed by atoms with Crippen molar-refractivity contribution in [2.45, 2.75) is 60.2 Å². The number of esters is 1. The zero-order chi connectivity index (χ0) is 25.4. The summed E-state index contributed by atoms with van der Waals surface area (Å²) in [6.07, 6.45) is 1.39. The Morgan fingerprint density at radius 3 is 2.31 bits per heavy atom. The van der Waals surface area contributed by atoms with E-state index in [1.54, 1.807) is 0 Å². The summed E-state index contributed by atoms with van der Waals surface area (Å²) in [6, 6.07) is 20.9. The Morgan fingerprint density at radius 1 is 0.914 bits per heavy atom. The van der Waals surface area contributed by atoms with Crippen LogP contribution >= 0.6 is 0 Å². The predicted octanol–water partition coefficient (Wildman–Crippen LogP) is 7.81. The van der Waals surface area contributed by atoms with E-state index in [9.17, 15) is 4.79 Å². The lowest BCUT2D eigenvalue weighted by Crippen LogP contribution is -2.30. The lowest BCUT2D eigenvalue weighted by molar-refractivity contribution is -0.162. The molecule has 0 bridgehead atoms. The average Bonchev–Trinajstić information content (AvgIpc) is 2.79. The van der Waals surface area contributed by atoms with Gasteiger partial charge in [-0.2, -0.15) is 0 Å². The zero-order valence-corrected chi connectivity index (χ0v) is 21.8. The Bertz CT molecular complexity index is 1370. The Hall–Kier alpha value is -3.24. The summed E-state index contributed by atoms with van der Waals surface area (Å²) < 4.78 is 12.4. The summed E-state index contributed by atoms with van der Waals surface area (Å²) in [5.41, 5.74) is 4.14. The summed E-state index contributed by atoms with van der Waals surface area (Å²) >= 11 is 0. The van der Waals surface area contributed by atoms with Crippen LogP contribution in [0.5, 0.6) is 0 Å². The number of benzene rings is 3. The van der Waals surface area contributed by atoms with Gasteiger partial charge in [0, 0.05) is 17.1 Å². The van der Waals surface area contributed by atoms with E-state index in [4.69, 9.17) is 14.5 Å². The number of fused-ring (bicyclic) bond motifs is 2. The van der Waals surface area contributed by atoms with E-state index in [2.05, 4.69) is 61.5 Å². The van der Waals surface area contributed by atoms with Crippen LogP contribution in [0.4, 0.5) is 0 Å². The van der Waals surface area contributed by atoms with Crippen molar-refractivity contribution in [3.63, 3.8) is 0 Å². The number of aryl methyl sites for hydroxylation is 1. The Morgan fingerprint density at radius 2 is 1.60 bits per heavy atom. The topological polar surface area (TPSA) is 48.4 Å². The van der Waals surface area contributed by atoms with Crippen LogP contribution in [0.3, 0.4) is 0 Å². The van der Waals surface area contributed by atoms with Gasteiger partial charge in [-0.05, 0) is 82.0 Å². The number of carbonyl (C=O) groups excluding carboxylic acids is 1. The third kappa shape index (κ3) is 5.38. The van der Waals surface area contributed by atoms with Crippen molar-refractivity contribution in [1.29, 1.82) is 0 Å². The van der Waals surface area contributed by atoms with E-state index >= 15 is 0 Å². The molecule has 1 atom stereocenters. The number of pyridine rings is 1. The van der Waals surface area contributed by atoms with E-state index in [1.807, 2.05) is 53.8 Å². The van der Waals surface area contributed by atoms with Crippen LogP contribution in [0.25, 0.3) is 32.8 Å². The van der Waals surface area contributed by atoms with Crippen LogP contribution in [0.15, 0.2) is 66.9 Å². The predicted molar refractivity (Wildman–Crippen MR) is 143 cm³/mol. The monoisotopic (exact) mass is 469 g/mol. The molecule has 1 aromatic heterocycles. The summed E-state index contributed by atoms with van der Waals surface area (Å²) in [5.74, 6) is -0.244. The molecule has 3 aromatic carbocycles. The maximum absolute atomic E-state index is 12.7. The number of para-hydroxylation sites is 1. The smallest absolute Gasteiger partial charge is 0.311 e. The molecular weight excluding hydrogens is 434 g/mol. The fourth-order valence-electron chi connectivity index (χ4n) is 4.49. The Kier molecular flexibility index (Phi) is 6.70. The fraction of sp³-hybridized carbons (Fsp3) is 0.355. The van der Waals surface area contributed by atoms with E-state index in [0.717, 1.165) is 43.9 Å². The highest BCUT2D eigenvalue weighted by atomic mass is 16.6. The SMILES string of the molecule is Cc1cc2ccccc2c(-c2cccc3cccnc23)c1[C@H](COC(=O)C(C)(C)C)OC(C)(C)C. The van der Waals surface area contributed by atoms with Crippen molar-refractivity contribution >= 4 is 27.6 Å². The number of rotatable bonds is 5. The molecule has 0 saturated heterocycles. The van der Waals surface area contributed by atoms with Gasteiger partial charge in [-0.3, -0.25) is 9.78 Å². The van der Waals surface area contributed by atoms with Crippen molar-refractivity contribution in [2.24, 2.45) is 5.41 Å². The first-order valence-electron chi connectivity index (χ1n) is 12.2. The van der Waals surface area contributed by atoms with Gasteiger partial charge in [0.1, 0.15) is 12.7 Å². The van der Waals surface area contributed by atoms with Crippen LogP contribution in [0.2, 0.25) is 0 Å². The molecule has 4 rings (SSSR count). The molecule has 0 aliphatic carbocycles. The fourth-order valence-corrected chi connectivity index (χ4v) is 4.49. The standard InChI is InChI=1S/C31H35NO3/c1-20-18-22-12-8-9-15-23(22)27(24-16-10-13-21-14-11-17-32-28(21)24)26(20)25(35-31(5,6)7)19-34-29(33)30(2,3)4/h8-18,25H,19H2,1-7H3/t25-/m0/s1. The van der Waals surface area contributed by atoms with Crippen molar-refractivity contribution < 1.29 is 14.3 Å². The second-order valence-electron chi connectivity index (χ2n) is 11.2. The van der Waals surface area contributed by atoms with Crippen molar-refractivity contribution in [2.75, 3.05) is 6.61 Å². The van der Waals surface area contributed by atoms with Gasteiger partial charge in [-0.15, -0.1) is 0 Å². The lowest BCUT2D eigenvalue weighted by Gasteiger charge is -2.31. The second kappa shape index (κ2) is 9.43. The number of nitrogens with zero attached hydrogens (tertiary/aromatic N) is 1. The lowest BCUT2D eigenvalue weighted by atomic mass is 9.86.